The molecule has 0 bridgehead atoms. The molecule has 1 aliphatic heterocycles. The van der Waals surface area contributed by atoms with Gasteiger partial charge in [-0.2, -0.15) is 0 Å². The van der Waals surface area contributed by atoms with Crippen molar-refractivity contribution in [2.75, 3.05) is 32.4 Å². The molecular formula is C17H25N3O4S. The minimum absolute atomic E-state index is 0.0442. The molecule has 0 aromatic heterocycles. The van der Waals surface area contributed by atoms with E-state index in [-0.39, 0.29) is 31.3 Å². The summed E-state index contributed by atoms with van der Waals surface area (Å²) in [5, 5.41) is 0. The Labute approximate surface area is 149 Å². The maximum Gasteiger partial charge on any atom is 0.242 e. The fourth-order valence-electron chi connectivity index (χ4n) is 2.97. The Bertz CT molecular complexity index is 741. The number of benzene rings is 1. The zero-order valence-corrected chi connectivity index (χ0v) is 15.7. The number of sulfonamides is 1. The molecule has 0 aliphatic carbocycles. The number of carbonyl (C=O) groups is 2. The van der Waals surface area contributed by atoms with Crippen LogP contribution >= 0.6 is 0 Å². The molecule has 0 atom stereocenters. The zero-order valence-electron chi connectivity index (χ0n) is 14.9. The van der Waals surface area contributed by atoms with Gasteiger partial charge in [0.25, 0.3) is 0 Å². The summed E-state index contributed by atoms with van der Waals surface area (Å²) in [7, 11) is -3.31. The lowest BCUT2D eigenvalue weighted by atomic mass is 10.1. The summed E-state index contributed by atoms with van der Waals surface area (Å²) in [6.07, 6.45) is 1.10. The number of hydrogen-bond donors (Lipinski definition) is 1. The minimum atomic E-state index is -3.31. The highest BCUT2D eigenvalue weighted by Crippen LogP contribution is 2.14. The molecule has 1 aromatic rings. The predicted molar refractivity (Wildman–Crippen MR) is 95.4 cm³/mol. The van der Waals surface area contributed by atoms with Crippen LogP contribution in [0, 0.1) is 13.8 Å². The summed E-state index contributed by atoms with van der Waals surface area (Å²) in [5.41, 5.74) is 3.41. The van der Waals surface area contributed by atoms with Crippen LogP contribution in [0.4, 0.5) is 0 Å². The Morgan fingerprint density at radius 3 is 2.36 bits per heavy atom. The van der Waals surface area contributed by atoms with Crippen molar-refractivity contribution in [3.8, 4) is 0 Å². The van der Waals surface area contributed by atoms with Crippen LogP contribution in [0.1, 0.15) is 23.1 Å². The number of carbonyl (C=O) groups excluding carboxylic acids is 2. The minimum Gasteiger partial charge on any atom is -0.335 e. The second-order valence-corrected chi connectivity index (χ2v) is 8.38. The lowest BCUT2D eigenvalue weighted by molar-refractivity contribution is -0.145. The van der Waals surface area contributed by atoms with Gasteiger partial charge in [-0.1, -0.05) is 29.3 Å². The number of aryl methyl sites for hydroxylation is 2. The van der Waals surface area contributed by atoms with Gasteiger partial charge < -0.3 is 9.80 Å². The summed E-state index contributed by atoms with van der Waals surface area (Å²) in [4.78, 5) is 27.7. The first-order valence-corrected chi connectivity index (χ1v) is 10.1. The lowest BCUT2D eigenvalue weighted by Gasteiger charge is -2.34. The van der Waals surface area contributed by atoms with Crippen LogP contribution in [0.5, 0.6) is 0 Å². The molecule has 0 spiro atoms. The van der Waals surface area contributed by atoms with E-state index in [1.54, 1.807) is 4.90 Å². The first-order chi connectivity index (χ1) is 11.6. The van der Waals surface area contributed by atoms with Crippen LogP contribution in [0.25, 0.3) is 0 Å². The number of nitrogens with one attached hydrogen (secondary N) is 1. The molecule has 0 radical (unpaired) electrons. The average Bonchev–Trinajstić information content (AvgIpc) is 2.47. The molecule has 1 N–H and O–H groups in total. The Hall–Kier alpha value is -1.93. The molecule has 1 aromatic carbocycles. The van der Waals surface area contributed by atoms with Gasteiger partial charge in [-0.25, -0.2) is 13.1 Å². The van der Waals surface area contributed by atoms with E-state index in [4.69, 9.17) is 0 Å². The third kappa shape index (κ3) is 6.13. The van der Waals surface area contributed by atoms with Crippen LogP contribution in [0.3, 0.4) is 0 Å². The highest BCUT2D eigenvalue weighted by Gasteiger charge is 2.26. The van der Waals surface area contributed by atoms with Crippen LogP contribution < -0.4 is 4.72 Å². The van der Waals surface area contributed by atoms with Gasteiger partial charge in [0.1, 0.15) is 0 Å². The van der Waals surface area contributed by atoms with Crippen molar-refractivity contribution in [2.45, 2.75) is 26.8 Å². The van der Waals surface area contributed by atoms with E-state index in [1.807, 2.05) is 13.8 Å². The van der Waals surface area contributed by atoms with Crippen molar-refractivity contribution in [3.05, 3.63) is 34.9 Å². The SMILES string of the molecule is Cc1cc(C)cc(CN2CCN(C(=O)CCNS(C)(=O)=O)CC2=O)c1. The van der Waals surface area contributed by atoms with Crippen molar-refractivity contribution in [1.82, 2.24) is 14.5 Å². The second-order valence-electron chi connectivity index (χ2n) is 6.54. The highest BCUT2D eigenvalue weighted by molar-refractivity contribution is 7.88. The Morgan fingerprint density at radius 1 is 1.16 bits per heavy atom. The second kappa shape index (κ2) is 7.97. The molecule has 7 nitrogen and oxygen atoms in total. The predicted octanol–water partition coefficient (Wildman–Crippen LogP) is 0.414. The molecule has 1 heterocycles. The number of amides is 2. The number of piperazine rings is 1. The van der Waals surface area contributed by atoms with E-state index in [9.17, 15) is 18.0 Å². The van der Waals surface area contributed by atoms with Crippen LogP contribution in [0.15, 0.2) is 18.2 Å². The molecule has 2 rings (SSSR count). The van der Waals surface area contributed by atoms with Crippen LogP contribution in [0.2, 0.25) is 0 Å². The van der Waals surface area contributed by atoms with E-state index in [0.29, 0.717) is 19.6 Å². The van der Waals surface area contributed by atoms with Crippen molar-refractivity contribution in [2.24, 2.45) is 0 Å². The number of hydrogen-bond acceptors (Lipinski definition) is 4. The fraction of sp³-hybridized carbons (Fsp3) is 0.529. The van der Waals surface area contributed by atoms with E-state index < -0.39 is 10.0 Å². The largest absolute Gasteiger partial charge is 0.335 e. The fourth-order valence-corrected chi connectivity index (χ4v) is 3.44. The number of rotatable bonds is 6. The number of nitrogens with zero attached hydrogens (tertiary/aromatic N) is 2. The Balaban J connectivity index is 1.87. The maximum absolute atomic E-state index is 12.3. The summed E-state index contributed by atoms with van der Waals surface area (Å²) < 4.78 is 24.3. The molecule has 25 heavy (non-hydrogen) atoms. The van der Waals surface area contributed by atoms with Gasteiger partial charge in [0, 0.05) is 32.6 Å². The summed E-state index contributed by atoms with van der Waals surface area (Å²) in [5.74, 6) is -0.301. The quantitative estimate of drug-likeness (QED) is 0.789. The van der Waals surface area contributed by atoms with Gasteiger partial charge in [0.05, 0.1) is 12.8 Å². The van der Waals surface area contributed by atoms with Crippen molar-refractivity contribution >= 4 is 21.8 Å². The van der Waals surface area contributed by atoms with Crippen LogP contribution in [-0.2, 0) is 26.2 Å². The molecule has 0 unspecified atom stereocenters. The van der Waals surface area contributed by atoms with E-state index in [0.717, 1.165) is 22.9 Å². The van der Waals surface area contributed by atoms with Gasteiger partial charge in [-0.3, -0.25) is 9.59 Å². The Morgan fingerprint density at radius 2 is 1.80 bits per heavy atom. The van der Waals surface area contributed by atoms with Crippen molar-refractivity contribution < 1.29 is 18.0 Å². The molecule has 2 amide bonds. The topological polar surface area (TPSA) is 86.8 Å². The smallest absolute Gasteiger partial charge is 0.242 e. The van der Waals surface area contributed by atoms with E-state index in [2.05, 4.69) is 22.9 Å². The molecule has 1 fully saturated rings. The molecule has 0 saturated carbocycles. The highest BCUT2D eigenvalue weighted by atomic mass is 32.2. The van der Waals surface area contributed by atoms with Gasteiger partial charge in [-0.05, 0) is 19.4 Å². The lowest BCUT2D eigenvalue weighted by Crippen LogP contribution is -2.52. The third-order valence-corrected chi connectivity index (χ3v) is 4.76. The van der Waals surface area contributed by atoms with E-state index >= 15 is 0 Å². The molecular weight excluding hydrogens is 342 g/mol. The van der Waals surface area contributed by atoms with Gasteiger partial charge in [0.2, 0.25) is 21.8 Å². The molecule has 1 saturated heterocycles. The summed E-state index contributed by atoms with van der Waals surface area (Å²) in [6.45, 7) is 5.64. The molecule has 138 valence electrons. The molecule has 1 aliphatic rings. The average molecular weight is 367 g/mol. The van der Waals surface area contributed by atoms with Crippen LogP contribution in [-0.4, -0.2) is 62.5 Å². The summed E-state index contributed by atoms with van der Waals surface area (Å²) in [6, 6.07) is 6.22. The van der Waals surface area contributed by atoms with Gasteiger partial charge >= 0.3 is 0 Å². The van der Waals surface area contributed by atoms with Crippen molar-refractivity contribution in [1.29, 1.82) is 0 Å². The monoisotopic (exact) mass is 367 g/mol. The maximum atomic E-state index is 12.3. The Kier molecular flexibility index (Phi) is 6.18. The first-order valence-electron chi connectivity index (χ1n) is 8.21. The van der Waals surface area contributed by atoms with Crippen molar-refractivity contribution in [3.63, 3.8) is 0 Å². The molecule has 8 heteroatoms. The first kappa shape index (κ1) is 19.4. The normalized spacial score (nSPS) is 15.6. The standard InChI is InChI=1S/C17H25N3O4S/c1-13-8-14(2)10-15(9-13)11-19-6-7-20(12-17(19)22)16(21)4-5-18-25(3,23)24/h8-10,18H,4-7,11-12H2,1-3H3. The summed E-state index contributed by atoms with van der Waals surface area (Å²) >= 11 is 0. The third-order valence-electron chi connectivity index (χ3n) is 4.03. The van der Waals surface area contributed by atoms with Gasteiger partial charge in [-0.15, -0.1) is 0 Å². The van der Waals surface area contributed by atoms with E-state index in [1.165, 1.54) is 4.90 Å². The van der Waals surface area contributed by atoms with Gasteiger partial charge in [0.15, 0.2) is 0 Å². The zero-order chi connectivity index (χ0) is 18.6.